The summed E-state index contributed by atoms with van der Waals surface area (Å²) in [6, 6.07) is 0.498. The maximum Gasteiger partial charge on any atom is 0.0948 e. The van der Waals surface area contributed by atoms with E-state index in [9.17, 15) is 0 Å². The van der Waals surface area contributed by atoms with Crippen LogP contribution in [0.4, 0.5) is 0 Å². The largest absolute Gasteiger partial charge is 0.333 e. The summed E-state index contributed by atoms with van der Waals surface area (Å²) in [6.07, 6.45) is 10.6. The third-order valence-corrected chi connectivity index (χ3v) is 3.94. The Bertz CT molecular complexity index is 521. The smallest absolute Gasteiger partial charge is 0.0948 e. The fraction of sp³-hybridized carbons (Fsp3) is 0.571. The summed E-state index contributed by atoms with van der Waals surface area (Å²) in [6.45, 7) is 4.23. The lowest BCUT2D eigenvalue weighted by Crippen LogP contribution is -2.17. The second-order valence-electron chi connectivity index (χ2n) is 5.28. The molecule has 0 aromatic carbocycles. The molecule has 1 aliphatic heterocycles. The highest BCUT2D eigenvalue weighted by Crippen LogP contribution is 2.22. The first kappa shape index (κ1) is 12.4. The molecule has 0 spiro atoms. The van der Waals surface area contributed by atoms with Crippen molar-refractivity contribution in [2.24, 2.45) is 0 Å². The zero-order valence-corrected chi connectivity index (χ0v) is 11.4. The van der Waals surface area contributed by atoms with Gasteiger partial charge in [0.15, 0.2) is 0 Å². The van der Waals surface area contributed by atoms with Gasteiger partial charge >= 0.3 is 0 Å². The van der Waals surface area contributed by atoms with E-state index in [-0.39, 0.29) is 0 Å². The van der Waals surface area contributed by atoms with Crippen LogP contribution in [0.2, 0.25) is 0 Å². The average Bonchev–Trinajstić information content (AvgIpc) is 3.11. The van der Waals surface area contributed by atoms with Crippen LogP contribution in [-0.2, 0) is 13.0 Å². The third kappa shape index (κ3) is 2.71. The highest BCUT2D eigenvalue weighted by Gasteiger charge is 2.19. The number of aryl methyl sites for hydroxylation is 3. The molecule has 0 saturated carbocycles. The Morgan fingerprint density at radius 1 is 1.42 bits per heavy atom. The second kappa shape index (κ2) is 5.57. The molecule has 5 nitrogen and oxygen atoms in total. The molecule has 5 heteroatoms. The van der Waals surface area contributed by atoms with Gasteiger partial charge in [0, 0.05) is 24.5 Å². The number of imidazole rings is 1. The van der Waals surface area contributed by atoms with Crippen LogP contribution in [0.25, 0.3) is 0 Å². The van der Waals surface area contributed by atoms with Crippen molar-refractivity contribution in [2.75, 3.05) is 6.54 Å². The first-order chi connectivity index (χ1) is 9.34. The van der Waals surface area contributed by atoms with Crippen LogP contribution in [0.5, 0.6) is 0 Å². The van der Waals surface area contributed by atoms with Crippen molar-refractivity contribution in [3.05, 3.63) is 35.7 Å². The predicted molar refractivity (Wildman–Crippen MR) is 73.9 cm³/mol. The van der Waals surface area contributed by atoms with E-state index in [1.807, 2.05) is 18.7 Å². The summed E-state index contributed by atoms with van der Waals surface area (Å²) in [4.78, 5) is 4.30. The Balaban J connectivity index is 1.58. The van der Waals surface area contributed by atoms with E-state index in [0.29, 0.717) is 6.04 Å². The van der Waals surface area contributed by atoms with Crippen molar-refractivity contribution < 1.29 is 0 Å². The van der Waals surface area contributed by atoms with E-state index in [2.05, 4.69) is 32.0 Å². The number of nitrogens with zero attached hydrogens (tertiary/aromatic N) is 3. The summed E-state index contributed by atoms with van der Waals surface area (Å²) < 4.78 is 2.29. The Morgan fingerprint density at radius 3 is 3.11 bits per heavy atom. The molecule has 1 saturated heterocycles. The summed E-state index contributed by atoms with van der Waals surface area (Å²) in [5.41, 5.74) is 3.84. The van der Waals surface area contributed by atoms with Gasteiger partial charge in [-0.25, -0.2) is 4.98 Å². The van der Waals surface area contributed by atoms with Crippen molar-refractivity contribution in [2.45, 2.75) is 45.2 Å². The van der Waals surface area contributed by atoms with Gasteiger partial charge in [-0.2, -0.15) is 5.10 Å². The van der Waals surface area contributed by atoms with E-state index >= 15 is 0 Å². The van der Waals surface area contributed by atoms with E-state index in [1.54, 1.807) is 0 Å². The lowest BCUT2D eigenvalue weighted by atomic mass is 10.1. The minimum Gasteiger partial charge on any atom is -0.333 e. The maximum absolute atomic E-state index is 4.30. The molecule has 3 rings (SSSR count). The van der Waals surface area contributed by atoms with Crippen LogP contribution in [0, 0.1) is 6.92 Å². The van der Waals surface area contributed by atoms with Crippen molar-refractivity contribution >= 4 is 0 Å². The number of aromatic amines is 1. The van der Waals surface area contributed by atoms with Crippen molar-refractivity contribution in [3.8, 4) is 0 Å². The summed E-state index contributed by atoms with van der Waals surface area (Å²) in [5, 5.41) is 10.6. The fourth-order valence-electron chi connectivity index (χ4n) is 2.81. The molecule has 1 fully saturated rings. The first-order valence-electron chi connectivity index (χ1n) is 7.07. The highest BCUT2D eigenvalue weighted by molar-refractivity contribution is 5.14. The molecule has 2 aromatic rings. The van der Waals surface area contributed by atoms with Gasteiger partial charge in [0.1, 0.15) is 0 Å². The van der Waals surface area contributed by atoms with Gasteiger partial charge < -0.3 is 9.88 Å². The monoisotopic (exact) mass is 259 g/mol. The van der Waals surface area contributed by atoms with Gasteiger partial charge in [0.2, 0.25) is 0 Å². The molecule has 0 bridgehead atoms. The van der Waals surface area contributed by atoms with E-state index < -0.39 is 0 Å². The molecular formula is C14H21N5. The standard InChI is InChI=1S/C14H21N5/c1-11-12(8-17-18-11)4-3-7-19-10-15-9-14(19)13-5-2-6-16-13/h8-10,13,16H,2-7H2,1H3,(H,17,18)/t13-/m0/s1. The minimum atomic E-state index is 0.498. The Kier molecular flexibility index (Phi) is 3.64. The van der Waals surface area contributed by atoms with E-state index in [1.165, 1.54) is 29.8 Å². The Morgan fingerprint density at radius 2 is 2.37 bits per heavy atom. The molecule has 3 heterocycles. The van der Waals surface area contributed by atoms with Crippen LogP contribution in [-0.4, -0.2) is 26.3 Å². The van der Waals surface area contributed by atoms with Gasteiger partial charge in [0.05, 0.1) is 18.2 Å². The molecule has 0 aliphatic carbocycles. The molecule has 0 amide bonds. The van der Waals surface area contributed by atoms with Gasteiger partial charge in [-0.1, -0.05) is 0 Å². The molecular weight excluding hydrogens is 238 g/mol. The Labute approximate surface area is 113 Å². The fourth-order valence-corrected chi connectivity index (χ4v) is 2.81. The van der Waals surface area contributed by atoms with Crippen LogP contribution < -0.4 is 5.32 Å². The molecule has 102 valence electrons. The van der Waals surface area contributed by atoms with Gasteiger partial charge in [-0.3, -0.25) is 5.10 Å². The minimum absolute atomic E-state index is 0.498. The topological polar surface area (TPSA) is 58.5 Å². The normalized spacial score (nSPS) is 19.1. The summed E-state index contributed by atoms with van der Waals surface area (Å²) in [5.74, 6) is 0. The lowest BCUT2D eigenvalue weighted by molar-refractivity contribution is 0.548. The Hall–Kier alpha value is -1.62. The van der Waals surface area contributed by atoms with Crippen LogP contribution >= 0.6 is 0 Å². The van der Waals surface area contributed by atoms with Crippen molar-refractivity contribution in [3.63, 3.8) is 0 Å². The summed E-state index contributed by atoms with van der Waals surface area (Å²) >= 11 is 0. The molecule has 1 atom stereocenters. The molecule has 19 heavy (non-hydrogen) atoms. The average molecular weight is 259 g/mol. The number of hydrogen-bond donors (Lipinski definition) is 2. The zero-order chi connectivity index (χ0) is 13.1. The molecule has 1 aliphatic rings. The van der Waals surface area contributed by atoms with Gasteiger partial charge in [-0.05, 0) is 44.7 Å². The second-order valence-corrected chi connectivity index (χ2v) is 5.28. The summed E-state index contributed by atoms with van der Waals surface area (Å²) in [7, 11) is 0. The maximum atomic E-state index is 4.30. The van der Waals surface area contributed by atoms with Gasteiger partial charge in [0.25, 0.3) is 0 Å². The van der Waals surface area contributed by atoms with Crippen LogP contribution in [0.3, 0.4) is 0 Å². The van der Waals surface area contributed by atoms with Gasteiger partial charge in [-0.15, -0.1) is 0 Å². The lowest BCUT2D eigenvalue weighted by Gasteiger charge is -2.13. The zero-order valence-electron chi connectivity index (χ0n) is 11.4. The van der Waals surface area contributed by atoms with Crippen LogP contribution in [0.15, 0.2) is 18.7 Å². The number of H-pyrrole nitrogens is 1. The third-order valence-electron chi connectivity index (χ3n) is 3.94. The SMILES string of the molecule is Cc1[nH]ncc1CCCn1cncc1[C@@H]1CCCN1. The quantitative estimate of drug-likeness (QED) is 0.863. The van der Waals surface area contributed by atoms with Crippen molar-refractivity contribution in [1.29, 1.82) is 0 Å². The first-order valence-corrected chi connectivity index (χ1v) is 7.07. The molecule has 0 radical (unpaired) electrons. The highest BCUT2D eigenvalue weighted by atomic mass is 15.1. The van der Waals surface area contributed by atoms with E-state index in [4.69, 9.17) is 0 Å². The molecule has 0 unspecified atom stereocenters. The number of hydrogen-bond acceptors (Lipinski definition) is 3. The molecule has 2 N–H and O–H groups in total. The predicted octanol–water partition coefficient (Wildman–Crippen LogP) is 1.97. The van der Waals surface area contributed by atoms with Crippen LogP contribution in [0.1, 0.15) is 42.3 Å². The number of rotatable bonds is 5. The number of nitrogens with one attached hydrogen (secondary N) is 2. The molecule has 2 aromatic heterocycles. The van der Waals surface area contributed by atoms with E-state index in [0.717, 1.165) is 25.9 Å². The number of aromatic nitrogens is 4. The van der Waals surface area contributed by atoms with Crippen molar-refractivity contribution in [1.82, 2.24) is 25.1 Å².